The number of hydrogen-bond donors (Lipinski definition) is 1. The van der Waals surface area contributed by atoms with Crippen LogP contribution in [0.5, 0.6) is 5.75 Å². The van der Waals surface area contributed by atoms with E-state index in [-0.39, 0.29) is 23.6 Å². The molecule has 0 aliphatic carbocycles. The van der Waals surface area contributed by atoms with Gasteiger partial charge in [0.25, 0.3) is 5.91 Å². The van der Waals surface area contributed by atoms with Crippen LogP contribution in [0.1, 0.15) is 27.0 Å². The fraction of sp³-hybridized carbons (Fsp3) is 0.0455. The summed E-state index contributed by atoms with van der Waals surface area (Å²) in [7, 11) is 0. The molecule has 0 aliphatic heterocycles. The number of nitrogens with zero attached hydrogens (tertiary/aromatic N) is 2. The highest BCUT2D eigenvalue weighted by molar-refractivity contribution is 5.95. The molecule has 0 atom stereocenters. The molecular weight excluding hydrogens is 376 g/mol. The lowest BCUT2D eigenvalue weighted by Gasteiger charge is -2.07. The van der Waals surface area contributed by atoms with Crippen molar-refractivity contribution < 1.29 is 18.3 Å². The van der Waals surface area contributed by atoms with Crippen LogP contribution in [0.2, 0.25) is 0 Å². The minimum Gasteiger partial charge on any atom is -0.489 e. The first-order chi connectivity index (χ1) is 14.1. The van der Waals surface area contributed by atoms with Gasteiger partial charge in [-0.1, -0.05) is 30.3 Å². The van der Waals surface area contributed by atoms with Gasteiger partial charge in [-0.25, -0.2) is 14.2 Å². The molecule has 1 amide bonds. The summed E-state index contributed by atoms with van der Waals surface area (Å²) in [6, 6.07) is 18.5. The summed E-state index contributed by atoms with van der Waals surface area (Å²) in [5.41, 5.74) is 3.18. The molecule has 0 spiro atoms. The molecule has 3 aromatic rings. The Morgan fingerprint density at radius 3 is 2.66 bits per heavy atom. The van der Waals surface area contributed by atoms with Crippen molar-refractivity contribution in [2.45, 2.75) is 6.61 Å². The number of benzene rings is 3. The third-order valence-electron chi connectivity index (χ3n) is 3.93. The summed E-state index contributed by atoms with van der Waals surface area (Å²) >= 11 is 0. The van der Waals surface area contributed by atoms with Crippen molar-refractivity contribution in [3.05, 3.63) is 101 Å². The average Bonchev–Trinajstić information content (AvgIpc) is 2.73. The van der Waals surface area contributed by atoms with Gasteiger partial charge in [0, 0.05) is 5.56 Å². The summed E-state index contributed by atoms with van der Waals surface area (Å²) in [4.78, 5) is 12.0. The summed E-state index contributed by atoms with van der Waals surface area (Å²) in [6.07, 6.45) is 1.37. The molecule has 0 radical (unpaired) electrons. The van der Waals surface area contributed by atoms with Gasteiger partial charge in [-0.2, -0.15) is 10.4 Å². The molecule has 0 saturated heterocycles. The van der Waals surface area contributed by atoms with Crippen LogP contribution in [0.3, 0.4) is 0 Å². The van der Waals surface area contributed by atoms with Crippen molar-refractivity contribution in [2.24, 2.45) is 5.10 Å². The molecule has 1 N–H and O–H groups in total. The SMILES string of the molecule is N#Cc1ccc(C(=O)N/N=C\c2cccc(OCc3ccccc3F)c2)c(F)c1. The zero-order chi connectivity index (χ0) is 20.6. The molecule has 0 bridgehead atoms. The van der Waals surface area contributed by atoms with E-state index in [1.165, 1.54) is 24.4 Å². The van der Waals surface area contributed by atoms with E-state index >= 15 is 0 Å². The normalized spacial score (nSPS) is 10.5. The lowest BCUT2D eigenvalue weighted by atomic mass is 10.1. The van der Waals surface area contributed by atoms with Gasteiger partial charge >= 0.3 is 0 Å². The molecule has 0 aliphatic rings. The fourth-order valence-corrected chi connectivity index (χ4v) is 2.46. The van der Waals surface area contributed by atoms with E-state index in [0.29, 0.717) is 16.9 Å². The maximum absolute atomic E-state index is 13.8. The first-order valence-electron chi connectivity index (χ1n) is 8.56. The Morgan fingerprint density at radius 2 is 1.90 bits per heavy atom. The standard InChI is InChI=1S/C22H15F2N3O2/c23-20-7-2-1-5-17(20)14-29-18-6-3-4-16(10-18)13-26-27-22(28)19-9-8-15(12-25)11-21(19)24/h1-11,13H,14H2,(H,27,28)/b26-13-. The van der Waals surface area contributed by atoms with E-state index in [0.717, 1.165) is 6.07 Å². The van der Waals surface area contributed by atoms with Crippen molar-refractivity contribution in [3.8, 4) is 11.8 Å². The van der Waals surface area contributed by atoms with Gasteiger partial charge in [-0.05, 0) is 42.0 Å². The Hall–Kier alpha value is -4.05. The zero-order valence-electron chi connectivity index (χ0n) is 15.1. The topological polar surface area (TPSA) is 74.5 Å². The number of nitriles is 1. The third kappa shape index (κ3) is 5.23. The third-order valence-corrected chi connectivity index (χ3v) is 3.93. The molecule has 3 aromatic carbocycles. The predicted molar refractivity (Wildman–Crippen MR) is 103 cm³/mol. The summed E-state index contributed by atoms with van der Waals surface area (Å²) in [6.45, 7) is 0.0714. The van der Waals surface area contributed by atoms with Gasteiger partial charge in [0.2, 0.25) is 0 Å². The van der Waals surface area contributed by atoms with Crippen LogP contribution in [-0.4, -0.2) is 12.1 Å². The number of ether oxygens (including phenoxy) is 1. The number of carbonyl (C=O) groups excluding carboxylic acids is 1. The van der Waals surface area contributed by atoms with Crippen LogP contribution in [0.15, 0.2) is 71.8 Å². The van der Waals surface area contributed by atoms with Crippen molar-refractivity contribution >= 4 is 12.1 Å². The minimum atomic E-state index is -0.805. The van der Waals surface area contributed by atoms with E-state index in [1.807, 2.05) is 0 Å². The zero-order valence-corrected chi connectivity index (χ0v) is 15.1. The molecule has 144 valence electrons. The fourth-order valence-electron chi connectivity index (χ4n) is 2.46. The number of halogens is 2. The largest absolute Gasteiger partial charge is 0.489 e. The Balaban J connectivity index is 1.61. The Labute approximate surface area is 165 Å². The van der Waals surface area contributed by atoms with Crippen molar-refractivity contribution in [1.29, 1.82) is 5.26 Å². The second kappa shape index (κ2) is 9.24. The Morgan fingerprint density at radius 1 is 1.07 bits per heavy atom. The van der Waals surface area contributed by atoms with Gasteiger partial charge < -0.3 is 4.74 Å². The number of hydrogen-bond acceptors (Lipinski definition) is 4. The monoisotopic (exact) mass is 391 g/mol. The maximum Gasteiger partial charge on any atom is 0.274 e. The molecule has 0 aromatic heterocycles. The van der Waals surface area contributed by atoms with E-state index in [9.17, 15) is 13.6 Å². The molecule has 29 heavy (non-hydrogen) atoms. The summed E-state index contributed by atoms with van der Waals surface area (Å²) in [5, 5.41) is 12.5. The Bertz CT molecular complexity index is 1110. The number of nitrogens with one attached hydrogen (secondary N) is 1. The van der Waals surface area contributed by atoms with Gasteiger partial charge in [-0.3, -0.25) is 4.79 Å². The van der Waals surface area contributed by atoms with Crippen LogP contribution in [0, 0.1) is 23.0 Å². The van der Waals surface area contributed by atoms with Gasteiger partial charge in [0.15, 0.2) is 0 Å². The van der Waals surface area contributed by atoms with Crippen molar-refractivity contribution in [3.63, 3.8) is 0 Å². The average molecular weight is 391 g/mol. The molecule has 0 heterocycles. The van der Waals surface area contributed by atoms with E-state index in [4.69, 9.17) is 10.00 Å². The summed E-state index contributed by atoms with van der Waals surface area (Å²) < 4.78 is 33.1. The number of amides is 1. The van der Waals surface area contributed by atoms with Crippen LogP contribution in [-0.2, 0) is 6.61 Å². The van der Waals surface area contributed by atoms with Gasteiger partial charge in [0.1, 0.15) is 24.0 Å². The van der Waals surface area contributed by atoms with Crippen LogP contribution in [0.4, 0.5) is 8.78 Å². The molecular formula is C22H15F2N3O2. The lowest BCUT2D eigenvalue weighted by Crippen LogP contribution is -2.19. The maximum atomic E-state index is 13.8. The van der Waals surface area contributed by atoms with E-state index < -0.39 is 11.7 Å². The predicted octanol–water partition coefficient (Wildman–Crippen LogP) is 4.18. The second-order valence-corrected chi connectivity index (χ2v) is 5.96. The first kappa shape index (κ1) is 19.7. The van der Waals surface area contributed by atoms with Crippen molar-refractivity contribution in [2.75, 3.05) is 0 Å². The Kier molecular flexibility index (Phi) is 6.28. The quantitative estimate of drug-likeness (QED) is 0.506. The number of carbonyl (C=O) groups is 1. The van der Waals surface area contributed by atoms with Crippen LogP contribution < -0.4 is 10.2 Å². The highest BCUT2D eigenvalue weighted by atomic mass is 19.1. The molecule has 3 rings (SSSR count). The van der Waals surface area contributed by atoms with Gasteiger partial charge in [0.05, 0.1) is 23.4 Å². The highest BCUT2D eigenvalue weighted by Crippen LogP contribution is 2.16. The molecule has 5 nitrogen and oxygen atoms in total. The molecule has 7 heteroatoms. The lowest BCUT2D eigenvalue weighted by molar-refractivity contribution is 0.0951. The molecule has 0 unspecified atom stereocenters. The second-order valence-electron chi connectivity index (χ2n) is 5.96. The molecule has 0 fully saturated rings. The van der Waals surface area contributed by atoms with Crippen LogP contribution in [0.25, 0.3) is 0 Å². The first-order valence-corrected chi connectivity index (χ1v) is 8.56. The molecule has 0 saturated carbocycles. The number of hydrazone groups is 1. The number of rotatable bonds is 6. The van der Waals surface area contributed by atoms with Crippen molar-refractivity contribution in [1.82, 2.24) is 5.43 Å². The van der Waals surface area contributed by atoms with Gasteiger partial charge in [-0.15, -0.1) is 0 Å². The summed E-state index contributed by atoms with van der Waals surface area (Å²) in [5.74, 6) is -1.39. The van der Waals surface area contributed by atoms with E-state index in [1.54, 1.807) is 48.5 Å². The van der Waals surface area contributed by atoms with E-state index in [2.05, 4.69) is 10.5 Å². The highest BCUT2D eigenvalue weighted by Gasteiger charge is 2.11. The van der Waals surface area contributed by atoms with Crippen LogP contribution >= 0.6 is 0 Å². The minimum absolute atomic E-state index is 0.0714. The smallest absolute Gasteiger partial charge is 0.274 e.